The van der Waals surface area contributed by atoms with Crippen molar-refractivity contribution in [2.75, 3.05) is 0 Å². The second-order valence-corrected chi connectivity index (χ2v) is 3.54. The van der Waals surface area contributed by atoms with Crippen molar-refractivity contribution in [2.24, 2.45) is 17.8 Å². The van der Waals surface area contributed by atoms with Gasteiger partial charge in [-0.1, -0.05) is 0 Å². The molecule has 0 spiro atoms. The van der Waals surface area contributed by atoms with Gasteiger partial charge in [0.2, 0.25) is 0 Å². The molecule has 2 bridgehead atoms. The molecule has 2 nitrogen and oxygen atoms in total. The molecule has 2 aliphatic rings. The minimum Gasteiger partial charge on any atom is -0.392 e. The van der Waals surface area contributed by atoms with Crippen LogP contribution in [0.25, 0.3) is 0 Å². The highest BCUT2D eigenvalue weighted by Gasteiger charge is 2.46. The SMILES string of the molecule is O=CC1C2CCC(C2)C1O. The van der Waals surface area contributed by atoms with E-state index in [9.17, 15) is 9.90 Å². The van der Waals surface area contributed by atoms with Crippen molar-refractivity contribution < 1.29 is 9.90 Å². The van der Waals surface area contributed by atoms with Gasteiger partial charge in [-0.05, 0) is 31.1 Å². The smallest absolute Gasteiger partial charge is 0.125 e. The van der Waals surface area contributed by atoms with E-state index in [1.807, 2.05) is 0 Å². The van der Waals surface area contributed by atoms with Gasteiger partial charge >= 0.3 is 0 Å². The second kappa shape index (κ2) is 2.06. The number of hydrogen-bond acceptors (Lipinski definition) is 2. The van der Waals surface area contributed by atoms with Gasteiger partial charge in [0.15, 0.2) is 0 Å². The Labute approximate surface area is 60.2 Å². The molecule has 2 heteroatoms. The molecular weight excluding hydrogens is 128 g/mol. The van der Waals surface area contributed by atoms with Crippen LogP contribution < -0.4 is 0 Å². The van der Waals surface area contributed by atoms with Gasteiger partial charge in [-0.15, -0.1) is 0 Å². The molecule has 56 valence electrons. The number of aldehydes is 1. The van der Waals surface area contributed by atoms with E-state index in [-0.39, 0.29) is 12.0 Å². The lowest BCUT2D eigenvalue weighted by molar-refractivity contribution is -0.116. The van der Waals surface area contributed by atoms with Crippen LogP contribution in [0.4, 0.5) is 0 Å². The minimum absolute atomic E-state index is 0.0289. The third-order valence-electron chi connectivity index (χ3n) is 3.09. The van der Waals surface area contributed by atoms with E-state index in [1.54, 1.807) is 0 Å². The van der Waals surface area contributed by atoms with Crippen LogP contribution in [0.3, 0.4) is 0 Å². The molecule has 2 aliphatic carbocycles. The van der Waals surface area contributed by atoms with E-state index >= 15 is 0 Å². The van der Waals surface area contributed by atoms with Gasteiger partial charge in [-0.2, -0.15) is 0 Å². The zero-order valence-electron chi connectivity index (χ0n) is 5.86. The zero-order chi connectivity index (χ0) is 7.14. The Kier molecular flexibility index (Phi) is 1.31. The van der Waals surface area contributed by atoms with E-state index < -0.39 is 0 Å². The molecule has 0 amide bonds. The van der Waals surface area contributed by atoms with Crippen LogP contribution in [-0.4, -0.2) is 17.5 Å². The summed E-state index contributed by atoms with van der Waals surface area (Å²) in [6.45, 7) is 0. The standard InChI is InChI=1S/C8H12O2/c9-4-7-5-1-2-6(3-5)8(7)10/h4-8,10H,1-3H2. The molecule has 10 heavy (non-hydrogen) atoms. The third kappa shape index (κ3) is 0.655. The number of aliphatic hydroxyl groups excluding tert-OH is 1. The summed E-state index contributed by atoms with van der Waals surface area (Å²) in [6.07, 6.45) is 4.01. The number of aliphatic hydroxyl groups is 1. The van der Waals surface area contributed by atoms with E-state index in [2.05, 4.69) is 0 Å². The number of carbonyl (C=O) groups is 1. The maximum Gasteiger partial charge on any atom is 0.125 e. The first kappa shape index (κ1) is 6.35. The summed E-state index contributed by atoms with van der Waals surface area (Å²) < 4.78 is 0. The Bertz CT molecular complexity index is 153. The Morgan fingerprint density at radius 1 is 1.30 bits per heavy atom. The summed E-state index contributed by atoms with van der Waals surface area (Å²) in [5, 5.41) is 9.45. The highest BCUT2D eigenvalue weighted by Crippen LogP contribution is 2.47. The summed E-state index contributed by atoms with van der Waals surface area (Å²) in [7, 11) is 0. The van der Waals surface area contributed by atoms with Crippen molar-refractivity contribution >= 4 is 6.29 Å². The molecular formula is C8H12O2. The molecule has 2 saturated carbocycles. The molecule has 2 fully saturated rings. The van der Waals surface area contributed by atoms with Crippen LogP contribution in [-0.2, 0) is 4.79 Å². The maximum atomic E-state index is 10.4. The fourth-order valence-corrected chi connectivity index (χ4v) is 2.50. The molecule has 0 radical (unpaired) electrons. The van der Waals surface area contributed by atoms with Crippen LogP contribution >= 0.6 is 0 Å². The summed E-state index contributed by atoms with van der Waals surface area (Å²) in [6, 6.07) is 0. The predicted octanol–water partition coefficient (Wildman–Crippen LogP) is 0.592. The van der Waals surface area contributed by atoms with Crippen LogP contribution in [0.1, 0.15) is 19.3 Å². The summed E-state index contributed by atoms with van der Waals surface area (Å²) in [4.78, 5) is 10.4. The van der Waals surface area contributed by atoms with E-state index in [0.29, 0.717) is 11.8 Å². The van der Waals surface area contributed by atoms with Crippen molar-refractivity contribution in [3.63, 3.8) is 0 Å². The first-order valence-corrected chi connectivity index (χ1v) is 3.96. The van der Waals surface area contributed by atoms with Crippen molar-refractivity contribution in [3.8, 4) is 0 Å². The lowest BCUT2D eigenvalue weighted by Gasteiger charge is -2.21. The summed E-state index contributed by atoms with van der Waals surface area (Å²) in [5.41, 5.74) is 0. The van der Waals surface area contributed by atoms with Crippen LogP contribution in [0, 0.1) is 17.8 Å². The van der Waals surface area contributed by atoms with Gasteiger partial charge in [-0.25, -0.2) is 0 Å². The number of hydrogen-bond donors (Lipinski definition) is 1. The topological polar surface area (TPSA) is 37.3 Å². The third-order valence-corrected chi connectivity index (χ3v) is 3.09. The molecule has 4 atom stereocenters. The van der Waals surface area contributed by atoms with Crippen molar-refractivity contribution in [3.05, 3.63) is 0 Å². The van der Waals surface area contributed by atoms with Crippen LogP contribution in [0.5, 0.6) is 0 Å². The summed E-state index contributed by atoms with van der Waals surface area (Å²) >= 11 is 0. The Hall–Kier alpha value is -0.370. The predicted molar refractivity (Wildman–Crippen MR) is 36.4 cm³/mol. The molecule has 0 heterocycles. The zero-order valence-corrected chi connectivity index (χ0v) is 5.86. The highest BCUT2D eigenvalue weighted by atomic mass is 16.3. The number of fused-ring (bicyclic) bond motifs is 2. The largest absolute Gasteiger partial charge is 0.392 e. The Morgan fingerprint density at radius 2 is 2.00 bits per heavy atom. The van der Waals surface area contributed by atoms with Gasteiger partial charge in [0.25, 0.3) is 0 Å². The number of rotatable bonds is 1. The molecule has 0 aliphatic heterocycles. The second-order valence-electron chi connectivity index (χ2n) is 3.54. The van der Waals surface area contributed by atoms with Crippen LogP contribution in [0.2, 0.25) is 0 Å². The minimum atomic E-state index is -0.309. The average Bonchev–Trinajstić information content (AvgIpc) is 2.46. The van der Waals surface area contributed by atoms with Gasteiger partial charge in [0.05, 0.1) is 6.10 Å². The van der Waals surface area contributed by atoms with Crippen molar-refractivity contribution in [1.29, 1.82) is 0 Å². The molecule has 0 saturated heterocycles. The van der Waals surface area contributed by atoms with Gasteiger partial charge < -0.3 is 9.90 Å². The van der Waals surface area contributed by atoms with Crippen LogP contribution in [0.15, 0.2) is 0 Å². The lowest BCUT2D eigenvalue weighted by atomic mass is 9.88. The normalized spacial score (nSPS) is 51.7. The monoisotopic (exact) mass is 140 g/mol. The highest BCUT2D eigenvalue weighted by molar-refractivity contribution is 5.56. The molecule has 0 aromatic carbocycles. The first-order chi connectivity index (χ1) is 4.83. The van der Waals surface area contributed by atoms with E-state index in [0.717, 1.165) is 25.5 Å². The fourth-order valence-electron chi connectivity index (χ4n) is 2.50. The van der Waals surface area contributed by atoms with Gasteiger partial charge in [-0.3, -0.25) is 0 Å². The average molecular weight is 140 g/mol. The number of carbonyl (C=O) groups excluding carboxylic acids is 1. The van der Waals surface area contributed by atoms with Crippen molar-refractivity contribution in [1.82, 2.24) is 0 Å². The summed E-state index contributed by atoms with van der Waals surface area (Å²) in [5.74, 6) is 0.927. The van der Waals surface area contributed by atoms with Gasteiger partial charge in [0.1, 0.15) is 6.29 Å². The Morgan fingerprint density at radius 3 is 2.40 bits per heavy atom. The first-order valence-electron chi connectivity index (χ1n) is 3.96. The lowest BCUT2D eigenvalue weighted by Crippen LogP contribution is -2.28. The van der Waals surface area contributed by atoms with Crippen molar-refractivity contribution in [2.45, 2.75) is 25.4 Å². The van der Waals surface area contributed by atoms with E-state index in [1.165, 1.54) is 0 Å². The molecule has 4 unspecified atom stereocenters. The van der Waals surface area contributed by atoms with Gasteiger partial charge in [0, 0.05) is 5.92 Å². The molecule has 1 N–H and O–H groups in total. The molecule has 0 aromatic heterocycles. The van der Waals surface area contributed by atoms with E-state index in [4.69, 9.17) is 0 Å². The molecule has 2 rings (SSSR count). The molecule has 0 aromatic rings. The fraction of sp³-hybridized carbons (Fsp3) is 0.875. The quantitative estimate of drug-likeness (QED) is 0.541. The Balaban J connectivity index is 2.16. The maximum absolute atomic E-state index is 10.4.